The maximum absolute atomic E-state index is 12.0. The number of rotatable bonds is 5. The first-order valence-corrected chi connectivity index (χ1v) is 7.09. The molecule has 3 rings (SSSR count). The van der Waals surface area contributed by atoms with Gasteiger partial charge in [-0.2, -0.15) is 0 Å². The van der Waals surface area contributed by atoms with Crippen LogP contribution in [0.4, 0.5) is 0 Å². The summed E-state index contributed by atoms with van der Waals surface area (Å²) in [6.07, 6.45) is 3.80. The highest BCUT2D eigenvalue weighted by Gasteiger charge is 2.08. The van der Waals surface area contributed by atoms with Crippen LogP contribution in [0.1, 0.15) is 10.4 Å². The van der Waals surface area contributed by atoms with Crippen LogP contribution in [0.5, 0.6) is 0 Å². The molecule has 22 heavy (non-hydrogen) atoms. The van der Waals surface area contributed by atoms with Crippen molar-refractivity contribution in [1.82, 2.24) is 14.7 Å². The zero-order chi connectivity index (χ0) is 15.4. The zero-order valence-electron chi connectivity index (χ0n) is 12.3. The maximum Gasteiger partial charge on any atom is 0.251 e. The Morgan fingerprint density at radius 2 is 2.09 bits per heavy atom. The van der Waals surface area contributed by atoms with Crippen LogP contribution >= 0.6 is 0 Å². The van der Waals surface area contributed by atoms with Gasteiger partial charge in [-0.15, -0.1) is 0 Å². The average Bonchev–Trinajstić information content (AvgIpc) is 2.99. The van der Waals surface area contributed by atoms with Crippen molar-refractivity contribution in [2.75, 3.05) is 20.3 Å². The Kier molecular flexibility index (Phi) is 4.16. The summed E-state index contributed by atoms with van der Waals surface area (Å²) in [5.74, 6) is -0.121. The molecule has 0 unspecified atom stereocenters. The zero-order valence-corrected chi connectivity index (χ0v) is 12.3. The van der Waals surface area contributed by atoms with Gasteiger partial charge in [-0.1, -0.05) is 30.3 Å². The van der Waals surface area contributed by atoms with Gasteiger partial charge in [-0.25, -0.2) is 4.98 Å². The van der Waals surface area contributed by atoms with Crippen molar-refractivity contribution in [1.29, 1.82) is 0 Å². The molecule has 0 saturated heterocycles. The molecule has 0 aliphatic rings. The number of imidazole rings is 1. The number of carbonyl (C=O) groups excluding carboxylic acids is 1. The third-order valence-electron chi connectivity index (χ3n) is 3.38. The predicted octanol–water partition coefficient (Wildman–Crippen LogP) is 2.38. The first-order valence-electron chi connectivity index (χ1n) is 7.09. The van der Waals surface area contributed by atoms with Crippen molar-refractivity contribution in [3.8, 4) is 11.3 Å². The van der Waals surface area contributed by atoms with Crippen LogP contribution in [0.25, 0.3) is 16.9 Å². The fourth-order valence-electron chi connectivity index (χ4n) is 2.24. The third-order valence-corrected chi connectivity index (χ3v) is 3.38. The van der Waals surface area contributed by atoms with Gasteiger partial charge in [0, 0.05) is 37.2 Å². The van der Waals surface area contributed by atoms with Crippen molar-refractivity contribution in [3.05, 3.63) is 60.4 Å². The Hall–Kier alpha value is -2.66. The van der Waals surface area contributed by atoms with Crippen molar-refractivity contribution >= 4 is 11.6 Å². The standard InChI is InChI=1S/C17H17N3O2/c1-22-10-8-18-17(21)14-7-9-20-12-15(19-16(20)11-14)13-5-3-2-4-6-13/h2-7,9,11-12H,8,10H2,1H3,(H,18,21). The first-order chi connectivity index (χ1) is 10.8. The average molecular weight is 295 g/mol. The minimum Gasteiger partial charge on any atom is -0.383 e. The second-order valence-electron chi connectivity index (χ2n) is 4.92. The third kappa shape index (κ3) is 2.99. The molecule has 1 aromatic carbocycles. The molecule has 1 N–H and O–H groups in total. The minimum absolute atomic E-state index is 0.121. The van der Waals surface area contributed by atoms with E-state index in [9.17, 15) is 4.79 Å². The van der Waals surface area contributed by atoms with Crippen LogP contribution in [-0.2, 0) is 4.74 Å². The van der Waals surface area contributed by atoms with E-state index in [4.69, 9.17) is 4.74 Å². The summed E-state index contributed by atoms with van der Waals surface area (Å²) in [6, 6.07) is 13.5. The van der Waals surface area contributed by atoms with E-state index in [1.807, 2.05) is 47.1 Å². The Morgan fingerprint density at radius 1 is 1.27 bits per heavy atom. The van der Waals surface area contributed by atoms with Gasteiger partial charge in [0.1, 0.15) is 5.65 Å². The Morgan fingerprint density at radius 3 is 2.86 bits per heavy atom. The summed E-state index contributed by atoms with van der Waals surface area (Å²) in [5.41, 5.74) is 3.28. The quantitative estimate of drug-likeness (QED) is 0.735. The summed E-state index contributed by atoms with van der Waals surface area (Å²) in [6.45, 7) is 0.986. The highest BCUT2D eigenvalue weighted by atomic mass is 16.5. The van der Waals surface area contributed by atoms with Gasteiger partial charge in [0.2, 0.25) is 0 Å². The van der Waals surface area contributed by atoms with Gasteiger partial charge in [-0.05, 0) is 12.1 Å². The van der Waals surface area contributed by atoms with E-state index >= 15 is 0 Å². The predicted molar refractivity (Wildman–Crippen MR) is 84.8 cm³/mol. The highest BCUT2D eigenvalue weighted by Crippen LogP contribution is 2.19. The Labute approximate surface area is 128 Å². The molecule has 5 heteroatoms. The number of aromatic nitrogens is 2. The monoisotopic (exact) mass is 295 g/mol. The van der Waals surface area contributed by atoms with E-state index < -0.39 is 0 Å². The normalized spacial score (nSPS) is 10.8. The number of amides is 1. The number of hydrogen-bond donors (Lipinski definition) is 1. The Bertz CT molecular complexity index is 781. The van der Waals surface area contributed by atoms with E-state index in [0.29, 0.717) is 18.7 Å². The van der Waals surface area contributed by atoms with Crippen LogP contribution in [-0.4, -0.2) is 35.6 Å². The molecule has 0 radical (unpaired) electrons. The molecule has 0 spiro atoms. The van der Waals surface area contributed by atoms with Crippen molar-refractivity contribution < 1.29 is 9.53 Å². The molecule has 3 aromatic rings. The maximum atomic E-state index is 12.0. The molecule has 0 aliphatic carbocycles. The van der Waals surface area contributed by atoms with E-state index in [1.54, 1.807) is 19.2 Å². The molecule has 112 valence electrons. The molecule has 1 amide bonds. The van der Waals surface area contributed by atoms with E-state index in [2.05, 4.69) is 10.3 Å². The van der Waals surface area contributed by atoms with E-state index in [0.717, 1.165) is 16.9 Å². The lowest BCUT2D eigenvalue weighted by Crippen LogP contribution is -2.26. The van der Waals surface area contributed by atoms with Crippen molar-refractivity contribution in [2.45, 2.75) is 0 Å². The minimum atomic E-state index is -0.121. The molecule has 0 fully saturated rings. The van der Waals surface area contributed by atoms with Crippen molar-refractivity contribution in [3.63, 3.8) is 0 Å². The smallest absolute Gasteiger partial charge is 0.251 e. The van der Waals surface area contributed by atoms with Crippen LogP contribution in [0, 0.1) is 0 Å². The second-order valence-corrected chi connectivity index (χ2v) is 4.92. The lowest BCUT2D eigenvalue weighted by molar-refractivity contribution is 0.0937. The van der Waals surface area contributed by atoms with Gasteiger partial charge < -0.3 is 14.5 Å². The molecule has 0 saturated carbocycles. The SMILES string of the molecule is COCCNC(=O)c1ccn2cc(-c3ccccc3)nc2c1. The van der Waals surface area contributed by atoms with Crippen LogP contribution in [0.2, 0.25) is 0 Å². The number of fused-ring (bicyclic) bond motifs is 1. The summed E-state index contributed by atoms with van der Waals surface area (Å²) < 4.78 is 6.83. The lowest BCUT2D eigenvalue weighted by atomic mass is 10.2. The molecule has 5 nitrogen and oxygen atoms in total. The fourth-order valence-corrected chi connectivity index (χ4v) is 2.24. The van der Waals surface area contributed by atoms with Crippen LogP contribution < -0.4 is 5.32 Å². The molecule has 0 aliphatic heterocycles. The molecule has 0 atom stereocenters. The van der Waals surface area contributed by atoms with E-state index in [-0.39, 0.29) is 5.91 Å². The van der Waals surface area contributed by atoms with Gasteiger partial charge in [0.15, 0.2) is 0 Å². The van der Waals surface area contributed by atoms with Crippen LogP contribution in [0.3, 0.4) is 0 Å². The van der Waals surface area contributed by atoms with Gasteiger partial charge >= 0.3 is 0 Å². The second kappa shape index (κ2) is 6.41. The number of benzene rings is 1. The number of nitrogens with one attached hydrogen (secondary N) is 1. The number of ether oxygens (including phenoxy) is 1. The van der Waals surface area contributed by atoms with Gasteiger partial charge in [0.25, 0.3) is 5.91 Å². The number of hydrogen-bond acceptors (Lipinski definition) is 3. The van der Waals surface area contributed by atoms with Gasteiger partial charge in [-0.3, -0.25) is 4.79 Å². The summed E-state index contributed by atoms with van der Waals surface area (Å²) in [4.78, 5) is 16.6. The fraction of sp³-hybridized carbons (Fsp3) is 0.176. The van der Waals surface area contributed by atoms with Crippen LogP contribution in [0.15, 0.2) is 54.9 Å². The first kappa shape index (κ1) is 14.3. The molecular weight excluding hydrogens is 278 g/mol. The Balaban J connectivity index is 1.86. The summed E-state index contributed by atoms with van der Waals surface area (Å²) >= 11 is 0. The number of methoxy groups -OCH3 is 1. The highest BCUT2D eigenvalue weighted by molar-refractivity contribution is 5.95. The topological polar surface area (TPSA) is 55.6 Å². The summed E-state index contributed by atoms with van der Waals surface area (Å²) in [5, 5.41) is 2.80. The number of pyridine rings is 1. The van der Waals surface area contributed by atoms with E-state index in [1.165, 1.54) is 0 Å². The number of carbonyl (C=O) groups is 1. The summed E-state index contributed by atoms with van der Waals surface area (Å²) in [7, 11) is 1.61. The van der Waals surface area contributed by atoms with Gasteiger partial charge in [0.05, 0.1) is 12.3 Å². The molecule has 2 heterocycles. The lowest BCUT2D eigenvalue weighted by Gasteiger charge is -2.04. The molecular formula is C17H17N3O2. The largest absolute Gasteiger partial charge is 0.383 e. The number of nitrogens with zero attached hydrogens (tertiary/aromatic N) is 2. The van der Waals surface area contributed by atoms with Crippen molar-refractivity contribution in [2.24, 2.45) is 0 Å². The molecule has 0 bridgehead atoms. The molecule has 2 aromatic heterocycles.